The van der Waals surface area contributed by atoms with Crippen molar-refractivity contribution in [1.29, 1.82) is 0 Å². The molecule has 0 radical (unpaired) electrons. The van der Waals surface area contributed by atoms with Crippen molar-refractivity contribution in [2.75, 3.05) is 24.7 Å². The first-order valence-corrected chi connectivity index (χ1v) is 12.0. The summed E-state index contributed by atoms with van der Waals surface area (Å²) < 4.78 is 10.6. The Hall–Kier alpha value is -3.12. The number of benzene rings is 2. The van der Waals surface area contributed by atoms with Gasteiger partial charge in [0.2, 0.25) is 0 Å². The summed E-state index contributed by atoms with van der Waals surface area (Å²) in [6.07, 6.45) is 3.77. The summed E-state index contributed by atoms with van der Waals surface area (Å²) in [5.74, 6) is 1.24. The van der Waals surface area contributed by atoms with E-state index in [-0.39, 0.29) is 12.6 Å². The number of esters is 1. The number of ether oxygens (including phenoxy) is 2. The van der Waals surface area contributed by atoms with E-state index in [4.69, 9.17) is 21.1 Å². The van der Waals surface area contributed by atoms with E-state index in [0.29, 0.717) is 23.9 Å². The molecule has 0 aliphatic heterocycles. The van der Waals surface area contributed by atoms with Crippen molar-refractivity contribution in [3.05, 3.63) is 70.5 Å². The molecular weight excluding hydrogens is 450 g/mol. The zero-order valence-electron chi connectivity index (χ0n) is 20.3. The zero-order chi connectivity index (χ0) is 24.5. The first-order valence-electron chi connectivity index (χ1n) is 11.6. The summed E-state index contributed by atoms with van der Waals surface area (Å²) in [7, 11) is 0. The number of carbonyl (C=O) groups is 1. The third-order valence-electron chi connectivity index (χ3n) is 5.52. The highest BCUT2D eigenvalue weighted by Gasteiger charge is 2.16. The lowest BCUT2D eigenvalue weighted by Crippen LogP contribution is -2.26. The van der Waals surface area contributed by atoms with Crippen molar-refractivity contribution in [2.24, 2.45) is 0 Å². The van der Waals surface area contributed by atoms with Crippen molar-refractivity contribution in [2.45, 2.75) is 47.1 Å². The summed E-state index contributed by atoms with van der Waals surface area (Å²) in [6, 6.07) is 13.8. The Morgan fingerprint density at radius 1 is 1.06 bits per heavy atom. The largest absolute Gasteiger partial charge is 0.482 e. The van der Waals surface area contributed by atoms with E-state index < -0.39 is 0 Å². The standard InChI is InChI=1S/C27H32ClN3O3/c1-5-7-14-31(16-21-8-13-24(19(3)15-21)34-17-25(32)33-6-2)27-20(4)26(29-18-30-27)22-9-11-23(28)12-10-22/h8-13,15,18H,5-7,14,16-17H2,1-4H3. The summed E-state index contributed by atoms with van der Waals surface area (Å²) in [6.45, 7) is 9.85. The lowest BCUT2D eigenvalue weighted by molar-refractivity contribution is -0.145. The van der Waals surface area contributed by atoms with Crippen LogP contribution in [0.4, 0.5) is 5.82 Å². The van der Waals surface area contributed by atoms with E-state index in [9.17, 15) is 4.79 Å². The number of hydrogen-bond acceptors (Lipinski definition) is 6. The van der Waals surface area contributed by atoms with Crippen LogP contribution in [0, 0.1) is 13.8 Å². The van der Waals surface area contributed by atoms with Crippen molar-refractivity contribution in [1.82, 2.24) is 9.97 Å². The van der Waals surface area contributed by atoms with Gasteiger partial charge in [-0.2, -0.15) is 0 Å². The molecule has 3 rings (SSSR count). The van der Waals surface area contributed by atoms with Gasteiger partial charge < -0.3 is 14.4 Å². The number of aromatic nitrogens is 2. The molecule has 0 saturated carbocycles. The number of unbranched alkanes of at least 4 members (excludes halogenated alkanes) is 1. The van der Waals surface area contributed by atoms with E-state index in [2.05, 4.69) is 34.8 Å². The zero-order valence-corrected chi connectivity index (χ0v) is 21.1. The van der Waals surface area contributed by atoms with Gasteiger partial charge in [0, 0.05) is 29.2 Å². The summed E-state index contributed by atoms with van der Waals surface area (Å²) in [5, 5.41) is 0.699. The predicted octanol–water partition coefficient (Wildman–Crippen LogP) is 6.16. The molecule has 0 aliphatic carbocycles. The lowest BCUT2D eigenvalue weighted by atomic mass is 10.1. The van der Waals surface area contributed by atoms with Gasteiger partial charge in [-0.05, 0) is 56.5 Å². The summed E-state index contributed by atoms with van der Waals surface area (Å²) in [4.78, 5) is 23.1. The first-order chi connectivity index (χ1) is 16.4. The Morgan fingerprint density at radius 3 is 2.50 bits per heavy atom. The normalized spacial score (nSPS) is 10.7. The number of hydrogen-bond donors (Lipinski definition) is 0. The van der Waals surface area contributed by atoms with Crippen molar-refractivity contribution >= 4 is 23.4 Å². The van der Waals surface area contributed by atoms with Gasteiger partial charge in [0.15, 0.2) is 6.61 Å². The molecule has 0 N–H and O–H groups in total. The molecule has 0 bridgehead atoms. The van der Waals surface area contributed by atoms with Gasteiger partial charge in [0.25, 0.3) is 0 Å². The number of anilines is 1. The van der Waals surface area contributed by atoms with Gasteiger partial charge in [-0.15, -0.1) is 0 Å². The van der Waals surface area contributed by atoms with E-state index >= 15 is 0 Å². The van der Waals surface area contributed by atoms with Crippen LogP contribution in [0.3, 0.4) is 0 Å². The Balaban J connectivity index is 1.83. The second-order valence-corrected chi connectivity index (χ2v) is 8.58. The highest BCUT2D eigenvalue weighted by molar-refractivity contribution is 6.30. The van der Waals surface area contributed by atoms with Gasteiger partial charge in [-0.25, -0.2) is 14.8 Å². The van der Waals surface area contributed by atoms with Gasteiger partial charge in [0.05, 0.1) is 12.3 Å². The Labute approximate surface area is 206 Å². The molecule has 7 heteroatoms. The molecule has 3 aromatic rings. The Morgan fingerprint density at radius 2 is 1.82 bits per heavy atom. The maximum atomic E-state index is 11.6. The fraction of sp³-hybridized carbons (Fsp3) is 0.370. The number of carbonyl (C=O) groups excluding carboxylic acids is 1. The second kappa shape index (κ2) is 12.4. The van der Waals surface area contributed by atoms with Crippen LogP contribution >= 0.6 is 11.6 Å². The number of rotatable bonds is 11. The molecule has 0 aliphatic rings. The third kappa shape index (κ3) is 6.70. The smallest absolute Gasteiger partial charge is 0.344 e. The number of nitrogens with zero attached hydrogens (tertiary/aromatic N) is 3. The predicted molar refractivity (Wildman–Crippen MR) is 136 cm³/mol. The van der Waals surface area contributed by atoms with Crippen LogP contribution < -0.4 is 9.64 Å². The highest BCUT2D eigenvalue weighted by atomic mass is 35.5. The fourth-order valence-electron chi connectivity index (χ4n) is 3.80. The van der Waals surface area contributed by atoms with E-state index in [1.54, 1.807) is 13.3 Å². The van der Waals surface area contributed by atoms with Gasteiger partial charge in [-0.1, -0.05) is 49.2 Å². The molecule has 0 fully saturated rings. The van der Waals surface area contributed by atoms with Crippen molar-refractivity contribution in [3.63, 3.8) is 0 Å². The topological polar surface area (TPSA) is 64.5 Å². The fourth-order valence-corrected chi connectivity index (χ4v) is 3.92. The second-order valence-electron chi connectivity index (χ2n) is 8.15. The monoisotopic (exact) mass is 481 g/mol. The Kier molecular flexibility index (Phi) is 9.28. The van der Waals surface area contributed by atoms with Crippen LogP contribution in [-0.2, 0) is 16.1 Å². The maximum absolute atomic E-state index is 11.6. The van der Waals surface area contributed by atoms with Crippen LogP contribution in [0.5, 0.6) is 5.75 Å². The van der Waals surface area contributed by atoms with Crippen LogP contribution in [0.1, 0.15) is 43.4 Å². The minimum absolute atomic E-state index is 0.0930. The third-order valence-corrected chi connectivity index (χ3v) is 5.77. The SMILES string of the molecule is CCCCN(Cc1ccc(OCC(=O)OCC)c(C)c1)c1ncnc(-c2ccc(Cl)cc2)c1C. The minimum atomic E-state index is -0.368. The molecule has 0 spiro atoms. The molecule has 0 atom stereocenters. The van der Waals surface area contributed by atoms with E-state index in [1.807, 2.05) is 43.3 Å². The number of halogens is 1. The quantitative estimate of drug-likeness (QED) is 0.305. The van der Waals surface area contributed by atoms with Crippen molar-refractivity contribution in [3.8, 4) is 17.0 Å². The molecule has 6 nitrogen and oxygen atoms in total. The molecule has 34 heavy (non-hydrogen) atoms. The number of aryl methyl sites for hydroxylation is 1. The molecule has 0 amide bonds. The van der Waals surface area contributed by atoms with Gasteiger partial charge >= 0.3 is 5.97 Å². The van der Waals surface area contributed by atoms with Gasteiger partial charge in [0.1, 0.15) is 17.9 Å². The summed E-state index contributed by atoms with van der Waals surface area (Å²) >= 11 is 6.07. The van der Waals surface area contributed by atoms with E-state index in [1.165, 1.54) is 0 Å². The molecular formula is C27H32ClN3O3. The average Bonchev–Trinajstić information content (AvgIpc) is 2.82. The van der Waals surface area contributed by atoms with Gasteiger partial charge in [-0.3, -0.25) is 0 Å². The van der Waals surface area contributed by atoms with Crippen LogP contribution in [-0.4, -0.2) is 35.7 Å². The molecule has 1 aromatic heterocycles. The van der Waals surface area contributed by atoms with Crippen LogP contribution in [0.25, 0.3) is 11.3 Å². The molecule has 2 aromatic carbocycles. The van der Waals surface area contributed by atoms with Crippen LogP contribution in [0.15, 0.2) is 48.8 Å². The molecule has 180 valence electrons. The molecule has 1 heterocycles. The minimum Gasteiger partial charge on any atom is -0.482 e. The molecule has 0 unspecified atom stereocenters. The first kappa shape index (κ1) is 25.5. The maximum Gasteiger partial charge on any atom is 0.344 e. The van der Waals surface area contributed by atoms with Crippen LogP contribution in [0.2, 0.25) is 5.02 Å². The average molecular weight is 482 g/mol. The lowest BCUT2D eigenvalue weighted by Gasteiger charge is -2.26. The highest BCUT2D eigenvalue weighted by Crippen LogP contribution is 2.29. The summed E-state index contributed by atoms with van der Waals surface area (Å²) in [5.41, 5.74) is 5.07. The molecule has 0 saturated heterocycles. The Bertz CT molecular complexity index is 1100. The van der Waals surface area contributed by atoms with Crippen molar-refractivity contribution < 1.29 is 14.3 Å². The van der Waals surface area contributed by atoms with E-state index in [0.717, 1.165) is 53.2 Å².